The van der Waals surface area contributed by atoms with E-state index in [-0.39, 0.29) is 5.82 Å². The summed E-state index contributed by atoms with van der Waals surface area (Å²) in [5, 5.41) is 2.37. The Labute approximate surface area is 112 Å². The smallest absolute Gasteiger partial charge is 0.123 e. The van der Waals surface area contributed by atoms with E-state index in [0.29, 0.717) is 0 Å². The third kappa shape index (κ3) is 3.39. The summed E-state index contributed by atoms with van der Waals surface area (Å²) in [5.41, 5.74) is 1.18. The molecule has 0 aliphatic carbocycles. The van der Waals surface area contributed by atoms with Gasteiger partial charge in [0, 0.05) is 13.3 Å². The van der Waals surface area contributed by atoms with Crippen LogP contribution in [-0.2, 0) is 0 Å². The maximum absolute atomic E-state index is 13.9. The molecule has 0 saturated heterocycles. The number of hydrogen-bond acceptors (Lipinski definition) is 1. The van der Waals surface area contributed by atoms with Gasteiger partial charge in [0.1, 0.15) is 5.82 Å². The van der Waals surface area contributed by atoms with Crippen molar-refractivity contribution in [2.45, 2.75) is 39.3 Å². The van der Waals surface area contributed by atoms with E-state index in [2.05, 4.69) is 44.3 Å². The van der Waals surface area contributed by atoms with Gasteiger partial charge in [0.15, 0.2) is 0 Å². The summed E-state index contributed by atoms with van der Waals surface area (Å²) >= 11 is 0. The minimum atomic E-state index is -1.57. The molecule has 0 saturated carbocycles. The summed E-state index contributed by atoms with van der Waals surface area (Å²) in [6, 6.07) is 3.43. The SMILES string of the molecule is CN=Cc1c([Si](C)(C)C)cc(F)cc1[Si](C)(C)C. The first-order valence-electron chi connectivity index (χ1n) is 6.34. The van der Waals surface area contributed by atoms with E-state index in [1.165, 1.54) is 15.9 Å². The molecule has 0 amide bonds. The summed E-state index contributed by atoms with van der Waals surface area (Å²) in [4.78, 5) is 4.18. The molecule has 0 aliphatic rings. The number of hydrogen-bond donors (Lipinski definition) is 0. The van der Waals surface area contributed by atoms with Gasteiger partial charge < -0.3 is 0 Å². The van der Waals surface area contributed by atoms with Crippen LogP contribution < -0.4 is 10.4 Å². The van der Waals surface area contributed by atoms with Crippen LogP contribution in [-0.4, -0.2) is 29.4 Å². The maximum Gasteiger partial charge on any atom is 0.123 e. The molecule has 0 aromatic heterocycles. The molecule has 1 aromatic carbocycles. The first-order valence-corrected chi connectivity index (χ1v) is 13.3. The molecule has 0 N–H and O–H groups in total. The molecular weight excluding hydrogens is 257 g/mol. The Morgan fingerprint density at radius 3 is 1.61 bits per heavy atom. The van der Waals surface area contributed by atoms with Crippen LogP contribution >= 0.6 is 0 Å². The van der Waals surface area contributed by atoms with Crippen LogP contribution in [0.25, 0.3) is 0 Å². The molecule has 1 rings (SSSR count). The van der Waals surface area contributed by atoms with Gasteiger partial charge in [-0.25, -0.2) is 4.39 Å². The summed E-state index contributed by atoms with van der Waals surface area (Å²) < 4.78 is 13.9. The molecular formula is C14H24FNSi2. The predicted molar refractivity (Wildman–Crippen MR) is 85.9 cm³/mol. The van der Waals surface area contributed by atoms with Crippen molar-refractivity contribution < 1.29 is 4.39 Å². The molecule has 4 heteroatoms. The van der Waals surface area contributed by atoms with Gasteiger partial charge in [-0.2, -0.15) is 0 Å². The van der Waals surface area contributed by atoms with Crippen molar-refractivity contribution in [3.05, 3.63) is 23.5 Å². The molecule has 0 spiro atoms. The third-order valence-corrected chi connectivity index (χ3v) is 7.08. The second-order valence-corrected chi connectivity index (χ2v) is 16.9. The van der Waals surface area contributed by atoms with Crippen molar-refractivity contribution in [2.24, 2.45) is 4.99 Å². The summed E-state index contributed by atoms with van der Waals surface area (Å²) in [5.74, 6) is -0.0990. The Balaban J connectivity index is 3.68. The average Bonchev–Trinajstić information content (AvgIpc) is 2.17. The molecule has 0 heterocycles. The second kappa shape index (κ2) is 5.09. The van der Waals surface area contributed by atoms with Crippen LogP contribution in [0.3, 0.4) is 0 Å². The Hall–Kier alpha value is -0.746. The molecule has 1 nitrogen and oxygen atoms in total. The van der Waals surface area contributed by atoms with Crippen LogP contribution in [0.1, 0.15) is 5.56 Å². The Morgan fingerprint density at radius 2 is 1.33 bits per heavy atom. The number of nitrogens with zero attached hydrogens (tertiary/aromatic N) is 1. The lowest BCUT2D eigenvalue weighted by molar-refractivity contribution is 0.629. The monoisotopic (exact) mass is 281 g/mol. The molecule has 0 aliphatic heterocycles. The van der Waals surface area contributed by atoms with Crippen LogP contribution in [0, 0.1) is 5.82 Å². The van der Waals surface area contributed by atoms with Crippen molar-refractivity contribution in [2.75, 3.05) is 7.05 Å². The van der Waals surface area contributed by atoms with E-state index >= 15 is 0 Å². The van der Waals surface area contributed by atoms with E-state index in [1.807, 2.05) is 6.21 Å². The first-order chi connectivity index (χ1) is 8.07. The number of halogens is 1. The van der Waals surface area contributed by atoms with Gasteiger partial charge in [-0.05, 0) is 28.1 Å². The fraction of sp³-hybridized carbons (Fsp3) is 0.500. The van der Waals surface area contributed by atoms with Crippen molar-refractivity contribution in [3.8, 4) is 0 Å². The van der Waals surface area contributed by atoms with Gasteiger partial charge in [0.2, 0.25) is 0 Å². The summed E-state index contributed by atoms with van der Waals surface area (Å²) in [6.45, 7) is 13.5. The van der Waals surface area contributed by atoms with Crippen LogP contribution in [0.15, 0.2) is 17.1 Å². The van der Waals surface area contributed by atoms with Crippen molar-refractivity contribution in [1.29, 1.82) is 0 Å². The largest absolute Gasteiger partial charge is 0.296 e. The highest BCUT2D eigenvalue weighted by Gasteiger charge is 2.27. The molecule has 0 bridgehead atoms. The van der Waals surface area contributed by atoms with Gasteiger partial charge in [-0.1, -0.05) is 39.3 Å². The summed E-state index contributed by atoms with van der Waals surface area (Å²) in [7, 11) is -1.35. The minimum absolute atomic E-state index is 0.0990. The molecule has 0 unspecified atom stereocenters. The Kier molecular flexibility index (Phi) is 4.33. The summed E-state index contributed by atoms with van der Waals surface area (Å²) in [6.07, 6.45) is 1.92. The van der Waals surface area contributed by atoms with E-state index in [9.17, 15) is 4.39 Å². The van der Waals surface area contributed by atoms with E-state index in [1.54, 1.807) is 19.2 Å². The molecule has 18 heavy (non-hydrogen) atoms. The molecule has 0 atom stereocenters. The minimum Gasteiger partial charge on any atom is -0.296 e. The topological polar surface area (TPSA) is 12.4 Å². The van der Waals surface area contributed by atoms with Gasteiger partial charge >= 0.3 is 0 Å². The van der Waals surface area contributed by atoms with E-state index < -0.39 is 16.1 Å². The fourth-order valence-electron chi connectivity index (χ4n) is 2.13. The zero-order valence-electron chi connectivity index (χ0n) is 12.6. The molecule has 0 radical (unpaired) electrons. The number of rotatable bonds is 3. The van der Waals surface area contributed by atoms with E-state index in [0.717, 1.165) is 0 Å². The van der Waals surface area contributed by atoms with Crippen LogP contribution in [0.5, 0.6) is 0 Å². The lowest BCUT2D eigenvalue weighted by atomic mass is 10.2. The zero-order chi connectivity index (χ0) is 14.1. The van der Waals surface area contributed by atoms with Crippen molar-refractivity contribution in [1.82, 2.24) is 0 Å². The Morgan fingerprint density at radius 1 is 0.944 bits per heavy atom. The Bertz CT molecular complexity index is 433. The molecule has 100 valence electrons. The lowest BCUT2D eigenvalue weighted by Gasteiger charge is -2.26. The van der Waals surface area contributed by atoms with Gasteiger partial charge in [0.25, 0.3) is 0 Å². The van der Waals surface area contributed by atoms with E-state index in [4.69, 9.17) is 0 Å². The van der Waals surface area contributed by atoms with Crippen molar-refractivity contribution in [3.63, 3.8) is 0 Å². The van der Waals surface area contributed by atoms with Crippen LogP contribution in [0.4, 0.5) is 4.39 Å². The zero-order valence-corrected chi connectivity index (χ0v) is 14.6. The lowest BCUT2D eigenvalue weighted by Crippen LogP contribution is -2.49. The highest BCUT2D eigenvalue weighted by Crippen LogP contribution is 2.12. The third-order valence-electron chi connectivity index (χ3n) is 3.02. The highest BCUT2D eigenvalue weighted by molar-refractivity contribution is 6.92. The highest BCUT2D eigenvalue weighted by atomic mass is 28.3. The number of aliphatic imine (C=N–C) groups is 1. The molecule has 0 fully saturated rings. The maximum atomic E-state index is 13.9. The normalized spacial score (nSPS) is 13.3. The number of benzene rings is 1. The molecule has 1 aromatic rings. The average molecular weight is 282 g/mol. The van der Waals surface area contributed by atoms with Crippen molar-refractivity contribution >= 4 is 32.7 Å². The first kappa shape index (κ1) is 15.3. The van der Waals surface area contributed by atoms with Gasteiger partial charge in [-0.15, -0.1) is 0 Å². The quantitative estimate of drug-likeness (QED) is 0.597. The van der Waals surface area contributed by atoms with Crippen LogP contribution in [0.2, 0.25) is 39.3 Å². The second-order valence-electron chi connectivity index (χ2n) is 6.80. The standard InChI is InChI=1S/C14H24FNSi2/c1-16-10-12-13(17(2,3)4)8-11(15)9-14(12)18(5,6)7/h8-10H,1-7H3. The predicted octanol–water partition coefficient (Wildman–Crippen LogP) is 2.96. The fourth-order valence-corrected chi connectivity index (χ4v) is 5.41. The van der Waals surface area contributed by atoms with Gasteiger partial charge in [0.05, 0.1) is 16.1 Å². The van der Waals surface area contributed by atoms with Gasteiger partial charge in [-0.3, -0.25) is 4.99 Å².